The van der Waals surface area contributed by atoms with Crippen LogP contribution in [-0.2, 0) is 0 Å². The lowest BCUT2D eigenvalue weighted by atomic mass is 10.2. The first-order chi connectivity index (χ1) is 7.77. The summed E-state index contributed by atoms with van der Waals surface area (Å²) in [6.45, 7) is 0.453. The van der Waals surface area contributed by atoms with Gasteiger partial charge in [-0.1, -0.05) is 28.9 Å². The lowest BCUT2D eigenvalue weighted by molar-refractivity contribution is 0.414. The number of benzene rings is 1. The summed E-state index contributed by atoms with van der Waals surface area (Å²) < 4.78 is 5.10. The fourth-order valence-corrected chi connectivity index (χ4v) is 1.34. The molecule has 1 aromatic rings. The molecule has 0 N–H and O–H groups in total. The molecule has 1 rings (SSSR count). The van der Waals surface area contributed by atoms with E-state index in [4.69, 9.17) is 21.9 Å². The van der Waals surface area contributed by atoms with Gasteiger partial charge >= 0.3 is 0 Å². The number of rotatable bonds is 5. The molecule has 0 aromatic heterocycles. The molecule has 0 unspecified atom stereocenters. The van der Waals surface area contributed by atoms with E-state index in [-0.39, 0.29) is 0 Å². The Bertz CT molecular complexity index is 425. The molecule has 0 aliphatic heterocycles. The molecule has 1 aromatic carbocycles. The Morgan fingerprint density at radius 3 is 3.06 bits per heavy atom. The Kier molecular flexibility index (Phi) is 5.26. The predicted molar refractivity (Wildman–Crippen MR) is 65.7 cm³/mol. The zero-order valence-corrected chi connectivity index (χ0v) is 9.68. The molecule has 84 valence electrons. The summed E-state index contributed by atoms with van der Waals surface area (Å²) in [5.41, 5.74) is 8.98. The van der Waals surface area contributed by atoms with Crippen LogP contribution in [0.2, 0.25) is 5.02 Å². The van der Waals surface area contributed by atoms with E-state index >= 15 is 0 Å². The zero-order chi connectivity index (χ0) is 11.8. The molecule has 4 nitrogen and oxygen atoms in total. The van der Waals surface area contributed by atoms with Crippen molar-refractivity contribution in [2.45, 2.75) is 6.42 Å². The average molecular weight is 238 g/mol. The molecule has 0 aliphatic carbocycles. The molecule has 16 heavy (non-hydrogen) atoms. The third kappa shape index (κ3) is 3.85. The highest BCUT2D eigenvalue weighted by atomic mass is 35.5. The summed E-state index contributed by atoms with van der Waals surface area (Å²) in [5, 5.41) is 4.10. The van der Waals surface area contributed by atoms with Gasteiger partial charge in [-0.05, 0) is 35.7 Å². The Hall–Kier alpha value is -1.64. The van der Waals surface area contributed by atoms with E-state index in [1.165, 1.54) is 0 Å². The van der Waals surface area contributed by atoms with Gasteiger partial charge in [-0.25, -0.2) is 0 Å². The number of methoxy groups -OCH3 is 1. The van der Waals surface area contributed by atoms with E-state index in [9.17, 15) is 0 Å². The van der Waals surface area contributed by atoms with Gasteiger partial charge in [-0.3, -0.25) is 0 Å². The molecule has 0 saturated heterocycles. The van der Waals surface area contributed by atoms with Crippen molar-refractivity contribution >= 4 is 17.7 Å². The zero-order valence-electron chi connectivity index (χ0n) is 8.93. The minimum Gasteiger partial charge on any atom is -0.497 e. The lowest BCUT2D eigenvalue weighted by Crippen LogP contribution is -1.84. The van der Waals surface area contributed by atoms with Crippen LogP contribution in [0.1, 0.15) is 12.0 Å². The summed E-state index contributed by atoms with van der Waals surface area (Å²) >= 11 is 6.00. The van der Waals surface area contributed by atoms with E-state index in [0.29, 0.717) is 18.0 Å². The molecule has 5 heteroatoms. The second-order valence-corrected chi connectivity index (χ2v) is 3.44. The minimum absolute atomic E-state index is 0.453. The molecular weight excluding hydrogens is 226 g/mol. The monoisotopic (exact) mass is 237 g/mol. The Labute approximate surface area is 99.1 Å². The third-order valence-electron chi connectivity index (χ3n) is 1.96. The number of halogens is 1. The average Bonchev–Trinajstić information content (AvgIpc) is 2.31. The van der Waals surface area contributed by atoms with Crippen molar-refractivity contribution in [3.63, 3.8) is 0 Å². The molecule has 0 fully saturated rings. The smallest absolute Gasteiger partial charge is 0.119 e. The van der Waals surface area contributed by atoms with Crippen LogP contribution in [0.5, 0.6) is 5.75 Å². The van der Waals surface area contributed by atoms with Crippen LogP contribution < -0.4 is 4.74 Å². The number of hydrogen-bond acceptors (Lipinski definition) is 2. The van der Waals surface area contributed by atoms with E-state index < -0.39 is 0 Å². The Morgan fingerprint density at radius 2 is 2.38 bits per heavy atom. The number of azide groups is 1. The van der Waals surface area contributed by atoms with Crippen molar-refractivity contribution in [1.29, 1.82) is 0 Å². The van der Waals surface area contributed by atoms with Crippen molar-refractivity contribution in [2.24, 2.45) is 5.11 Å². The molecule has 0 aliphatic rings. The largest absolute Gasteiger partial charge is 0.497 e. The topological polar surface area (TPSA) is 58.0 Å². The molecule has 0 amide bonds. The van der Waals surface area contributed by atoms with Crippen molar-refractivity contribution in [2.75, 3.05) is 13.7 Å². The van der Waals surface area contributed by atoms with E-state index in [1.54, 1.807) is 19.2 Å². The Balaban J connectivity index is 2.67. The van der Waals surface area contributed by atoms with Crippen LogP contribution >= 0.6 is 11.6 Å². The second-order valence-electron chi connectivity index (χ2n) is 3.03. The number of ether oxygens (including phenoxy) is 1. The normalized spacial score (nSPS) is 10.1. The highest BCUT2D eigenvalue weighted by Crippen LogP contribution is 2.23. The molecule has 0 spiro atoms. The maximum atomic E-state index is 8.09. The van der Waals surface area contributed by atoms with Gasteiger partial charge in [-0.2, -0.15) is 0 Å². The van der Waals surface area contributed by atoms with Gasteiger partial charge in [0.15, 0.2) is 0 Å². The highest BCUT2D eigenvalue weighted by molar-refractivity contribution is 6.32. The van der Waals surface area contributed by atoms with E-state index in [0.717, 1.165) is 11.3 Å². The minimum atomic E-state index is 0.453. The fourth-order valence-electron chi connectivity index (χ4n) is 1.16. The fraction of sp³-hybridized carbons (Fsp3) is 0.273. The van der Waals surface area contributed by atoms with Crippen LogP contribution in [-0.4, -0.2) is 13.7 Å². The van der Waals surface area contributed by atoms with Crippen LogP contribution in [0, 0.1) is 0 Å². The van der Waals surface area contributed by atoms with Gasteiger partial charge in [0, 0.05) is 16.5 Å². The second kappa shape index (κ2) is 6.77. The quantitative estimate of drug-likeness (QED) is 0.330. The van der Waals surface area contributed by atoms with Crippen LogP contribution in [0.3, 0.4) is 0 Å². The third-order valence-corrected chi connectivity index (χ3v) is 2.30. The van der Waals surface area contributed by atoms with Gasteiger partial charge in [0.2, 0.25) is 0 Å². The van der Waals surface area contributed by atoms with Crippen molar-refractivity contribution < 1.29 is 4.74 Å². The summed E-state index contributed by atoms with van der Waals surface area (Å²) in [4.78, 5) is 2.67. The summed E-state index contributed by atoms with van der Waals surface area (Å²) in [6.07, 6.45) is 4.49. The standard InChI is InChI=1S/C11H12ClN3O/c1-16-10-5-6-11(12)9(8-10)4-2-3-7-14-15-13/h2,4-6,8H,3,7H2,1H3. The SMILES string of the molecule is COc1ccc(Cl)c(C=CCCN=[N+]=[N-])c1. The summed E-state index contributed by atoms with van der Waals surface area (Å²) in [6, 6.07) is 5.44. The number of hydrogen-bond donors (Lipinski definition) is 0. The first kappa shape index (κ1) is 12.4. The van der Waals surface area contributed by atoms with E-state index in [2.05, 4.69) is 10.0 Å². The summed E-state index contributed by atoms with van der Waals surface area (Å²) in [5.74, 6) is 0.763. The maximum absolute atomic E-state index is 8.09. The van der Waals surface area contributed by atoms with Gasteiger partial charge in [0.1, 0.15) is 5.75 Å². The van der Waals surface area contributed by atoms with Crippen LogP contribution in [0.25, 0.3) is 16.5 Å². The molecule has 0 radical (unpaired) electrons. The number of nitrogens with zero attached hydrogens (tertiary/aromatic N) is 3. The molecule has 0 heterocycles. The molecular formula is C11H12ClN3O. The Morgan fingerprint density at radius 1 is 1.56 bits per heavy atom. The maximum Gasteiger partial charge on any atom is 0.119 e. The van der Waals surface area contributed by atoms with Gasteiger partial charge < -0.3 is 4.74 Å². The van der Waals surface area contributed by atoms with Gasteiger partial charge in [-0.15, -0.1) is 0 Å². The lowest BCUT2D eigenvalue weighted by Gasteiger charge is -2.02. The molecule has 0 atom stereocenters. The van der Waals surface area contributed by atoms with Gasteiger partial charge in [0.05, 0.1) is 7.11 Å². The summed E-state index contributed by atoms with van der Waals surface area (Å²) in [7, 11) is 1.61. The van der Waals surface area contributed by atoms with Crippen molar-refractivity contribution in [3.8, 4) is 5.75 Å². The van der Waals surface area contributed by atoms with Crippen LogP contribution in [0.15, 0.2) is 29.4 Å². The van der Waals surface area contributed by atoms with E-state index in [1.807, 2.05) is 18.2 Å². The van der Waals surface area contributed by atoms with Gasteiger partial charge in [0.25, 0.3) is 0 Å². The van der Waals surface area contributed by atoms with Crippen molar-refractivity contribution in [1.82, 2.24) is 0 Å². The highest BCUT2D eigenvalue weighted by Gasteiger charge is 1.98. The van der Waals surface area contributed by atoms with Crippen LogP contribution in [0.4, 0.5) is 0 Å². The first-order valence-corrected chi connectivity index (χ1v) is 5.16. The first-order valence-electron chi connectivity index (χ1n) is 4.79. The predicted octanol–water partition coefficient (Wildman–Crippen LogP) is 4.06. The van der Waals surface area contributed by atoms with Crippen molar-refractivity contribution in [3.05, 3.63) is 45.3 Å². The molecule has 0 saturated carbocycles. The molecule has 0 bridgehead atoms.